The molecule has 0 radical (unpaired) electrons. The minimum atomic E-state index is -4.01. The first-order valence-electron chi connectivity index (χ1n) is 11.9. The average Bonchev–Trinajstić information content (AvgIpc) is 2.81. The maximum atomic E-state index is 13.9. The zero-order valence-corrected chi connectivity index (χ0v) is 21.7. The Bertz CT molecular complexity index is 1230. The number of carbonyl (C=O) groups is 2. The van der Waals surface area contributed by atoms with E-state index >= 15 is 0 Å². The van der Waals surface area contributed by atoms with Crippen LogP contribution in [0.2, 0.25) is 0 Å². The monoisotopic (exact) mass is 499 g/mol. The van der Waals surface area contributed by atoms with Gasteiger partial charge in [-0.3, -0.25) is 9.59 Å². The van der Waals surface area contributed by atoms with Gasteiger partial charge in [-0.15, -0.1) is 0 Å². The van der Waals surface area contributed by atoms with Gasteiger partial charge in [-0.1, -0.05) is 35.9 Å². The molecule has 35 heavy (non-hydrogen) atoms. The summed E-state index contributed by atoms with van der Waals surface area (Å²) in [5.74, 6) is -0.105. The highest BCUT2D eigenvalue weighted by Crippen LogP contribution is 2.35. The minimum Gasteiger partial charge on any atom is -0.495 e. The summed E-state index contributed by atoms with van der Waals surface area (Å²) < 4.78 is 34.6. The summed E-state index contributed by atoms with van der Waals surface area (Å²) in [4.78, 5) is 30.0. The van der Waals surface area contributed by atoms with Gasteiger partial charge >= 0.3 is 0 Å². The van der Waals surface area contributed by atoms with Gasteiger partial charge < -0.3 is 14.5 Å². The van der Waals surface area contributed by atoms with Crippen molar-refractivity contribution in [2.75, 3.05) is 20.2 Å². The van der Waals surface area contributed by atoms with Crippen molar-refractivity contribution < 1.29 is 22.7 Å². The number of sulfonamides is 1. The van der Waals surface area contributed by atoms with Crippen molar-refractivity contribution in [3.63, 3.8) is 0 Å². The number of carbonyl (C=O) groups excluding carboxylic acids is 2. The Balaban J connectivity index is 1.78. The van der Waals surface area contributed by atoms with Crippen LogP contribution in [0.15, 0.2) is 47.4 Å². The standard InChI is InChI=1S/C26H33N3O5S/c1-17(2)27-16-24-28(35(32,33)23-14-19(4)8-11-22(23)34-5)13-12-25(30)29(24)21(26(27)31)15-20-9-6-18(3)7-10-20/h6-11,14,17,21,24H,12-13,15-16H2,1-5H3. The molecule has 2 atom stereocenters. The number of ether oxygens (including phenoxy) is 1. The lowest BCUT2D eigenvalue weighted by Gasteiger charge is -2.52. The Kier molecular flexibility index (Phi) is 6.92. The summed E-state index contributed by atoms with van der Waals surface area (Å²) in [6, 6.07) is 12.0. The van der Waals surface area contributed by atoms with Crippen LogP contribution in [0.1, 0.15) is 37.0 Å². The molecule has 2 aromatic carbocycles. The van der Waals surface area contributed by atoms with Gasteiger partial charge in [-0.2, -0.15) is 4.31 Å². The van der Waals surface area contributed by atoms with Crippen LogP contribution in [0, 0.1) is 13.8 Å². The molecule has 0 N–H and O–H groups in total. The number of hydrogen-bond acceptors (Lipinski definition) is 5. The van der Waals surface area contributed by atoms with Gasteiger partial charge in [0.1, 0.15) is 22.9 Å². The molecule has 8 nitrogen and oxygen atoms in total. The molecule has 2 aliphatic heterocycles. The van der Waals surface area contributed by atoms with Gasteiger partial charge in [0.25, 0.3) is 0 Å². The van der Waals surface area contributed by atoms with Crippen molar-refractivity contribution in [2.45, 2.75) is 63.7 Å². The van der Waals surface area contributed by atoms with Crippen LogP contribution in [-0.2, 0) is 26.0 Å². The van der Waals surface area contributed by atoms with Crippen molar-refractivity contribution in [2.24, 2.45) is 0 Å². The Morgan fingerprint density at radius 3 is 2.31 bits per heavy atom. The maximum absolute atomic E-state index is 13.9. The molecule has 0 saturated carbocycles. The van der Waals surface area contributed by atoms with E-state index in [1.54, 1.807) is 23.1 Å². The highest BCUT2D eigenvalue weighted by Gasteiger charge is 2.51. The molecular formula is C26H33N3O5S. The summed E-state index contributed by atoms with van der Waals surface area (Å²) in [6.45, 7) is 7.80. The second-order valence-corrected chi connectivity index (χ2v) is 11.5. The highest BCUT2D eigenvalue weighted by molar-refractivity contribution is 7.89. The van der Waals surface area contributed by atoms with Crippen LogP contribution < -0.4 is 4.74 Å². The van der Waals surface area contributed by atoms with Gasteiger partial charge in [-0.25, -0.2) is 8.42 Å². The molecule has 2 aliphatic rings. The van der Waals surface area contributed by atoms with E-state index < -0.39 is 22.2 Å². The second-order valence-electron chi connectivity index (χ2n) is 9.59. The van der Waals surface area contributed by atoms with E-state index in [2.05, 4.69) is 0 Å². The van der Waals surface area contributed by atoms with Crippen LogP contribution in [0.5, 0.6) is 5.75 Å². The number of aryl methyl sites for hydroxylation is 2. The second kappa shape index (κ2) is 9.62. The van der Waals surface area contributed by atoms with E-state index in [1.807, 2.05) is 52.0 Å². The number of rotatable bonds is 6. The van der Waals surface area contributed by atoms with Crippen LogP contribution >= 0.6 is 0 Å². The Morgan fingerprint density at radius 2 is 1.69 bits per heavy atom. The summed E-state index contributed by atoms with van der Waals surface area (Å²) in [5, 5.41) is 0. The molecule has 2 amide bonds. The van der Waals surface area contributed by atoms with E-state index in [9.17, 15) is 18.0 Å². The molecule has 0 spiro atoms. The molecular weight excluding hydrogens is 466 g/mol. The van der Waals surface area contributed by atoms with Crippen molar-refractivity contribution in [3.05, 3.63) is 59.2 Å². The molecule has 2 heterocycles. The zero-order valence-electron chi connectivity index (χ0n) is 20.9. The van der Waals surface area contributed by atoms with E-state index in [0.717, 1.165) is 16.7 Å². The number of methoxy groups -OCH3 is 1. The molecule has 9 heteroatoms. The summed E-state index contributed by atoms with van der Waals surface area (Å²) in [6.07, 6.45) is -0.447. The molecule has 2 fully saturated rings. The Morgan fingerprint density at radius 1 is 1.03 bits per heavy atom. The fraction of sp³-hybridized carbons (Fsp3) is 0.462. The topological polar surface area (TPSA) is 87.2 Å². The van der Waals surface area contributed by atoms with Crippen LogP contribution in [-0.4, -0.2) is 72.8 Å². The van der Waals surface area contributed by atoms with Gasteiger partial charge in [0.2, 0.25) is 21.8 Å². The first-order valence-corrected chi connectivity index (χ1v) is 13.3. The molecule has 0 aromatic heterocycles. The van der Waals surface area contributed by atoms with Crippen molar-refractivity contribution in [3.8, 4) is 5.75 Å². The molecule has 0 bridgehead atoms. The summed E-state index contributed by atoms with van der Waals surface area (Å²) in [5.41, 5.74) is 2.81. The number of benzene rings is 2. The van der Waals surface area contributed by atoms with Crippen molar-refractivity contribution >= 4 is 21.8 Å². The molecule has 2 aromatic rings. The highest BCUT2D eigenvalue weighted by atomic mass is 32.2. The SMILES string of the molecule is COc1ccc(C)cc1S(=O)(=O)N1CCC(=O)N2C(Cc3ccc(C)cc3)C(=O)N(C(C)C)CC21. The number of piperazine rings is 1. The number of fused-ring (bicyclic) bond motifs is 1. The first-order chi connectivity index (χ1) is 16.5. The van der Waals surface area contributed by atoms with E-state index in [0.29, 0.717) is 6.42 Å². The predicted molar refractivity (Wildman–Crippen MR) is 132 cm³/mol. The smallest absolute Gasteiger partial charge is 0.248 e. The number of hydrogen-bond donors (Lipinski definition) is 0. The largest absolute Gasteiger partial charge is 0.495 e. The molecule has 2 saturated heterocycles. The maximum Gasteiger partial charge on any atom is 0.248 e. The van der Waals surface area contributed by atoms with E-state index in [4.69, 9.17) is 4.74 Å². The third-order valence-electron chi connectivity index (χ3n) is 6.83. The van der Waals surface area contributed by atoms with Crippen LogP contribution in [0.4, 0.5) is 0 Å². The minimum absolute atomic E-state index is 0.0171. The van der Waals surface area contributed by atoms with Gasteiger partial charge in [-0.05, 0) is 51.0 Å². The first kappa shape index (κ1) is 25.2. The zero-order chi connectivity index (χ0) is 25.5. The number of amides is 2. The number of nitrogens with zero attached hydrogens (tertiary/aromatic N) is 3. The van der Waals surface area contributed by atoms with E-state index in [-0.39, 0.29) is 48.0 Å². The molecule has 2 unspecified atom stereocenters. The predicted octanol–water partition coefficient (Wildman–Crippen LogP) is 2.72. The fourth-order valence-corrected chi connectivity index (χ4v) is 6.73. The van der Waals surface area contributed by atoms with Crippen molar-refractivity contribution in [1.29, 1.82) is 0 Å². The fourth-order valence-electron chi connectivity index (χ4n) is 4.92. The molecule has 4 rings (SSSR count). The van der Waals surface area contributed by atoms with Crippen LogP contribution in [0.25, 0.3) is 0 Å². The summed E-state index contributed by atoms with van der Waals surface area (Å²) in [7, 11) is -2.58. The molecule has 0 aliphatic carbocycles. The van der Waals surface area contributed by atoms with E-state index in [1.165, 1.54) is 16.3 Å². The molecule has 188 valence electrons. The normalized spacial score (nSPS) is 21.4. The lowest BCUT2D eigenvalue weighted by Crippen LogP contribution is -2.72. The van der Waals surface area contributed by atoms with Crippen molar-refractivity contribution in [1.82, 2.24) is 14.1 Å². The quantitative estimate of drug-likeness (QED) is 0.610. The lowest BCUT2D eigenvalue weighted by molar-refractivity contribution is -0.166. The average molecular weight is 500 g/mol. The van der Waals surface area contributed by atoms with Gasteiger partial charge in [0.05, 0.1) is 13.7 Å². The lowest BCUT2D eigenvalue weighted by atomic mass is 9.97. The third kappa shape index (κ3) is 4.67. The summed E-state index contributed by atoms with van der Waals surface area (Å²) >= 11 is 0. The Labute approximate surface area is 207 Å². The Hall–Kier alpha value is -2.91. The van der Waals surface area contributed by atoms with Gasteiger partial charge in [0.15, 0.2) is 0 Å². The van der Waals surface area contributed by atoms with Gasteiger partial charge in [0, 0.05) is 25.4 Å². The third-order valence-corrected chi connectivity index (χ3v) is 8.75. The van der Waals surface area contributed by atoms with Crippen LogP contribution in [0.3, 0.4) is 0 Å².